The number of carboxylic acid groups (broad SMARTS) is 1. The van der Waals surface area contributed by atoms with Crippen molar-refractivity contribution in [2.75, 3.05) is 5.32 Å². The summed E-state index contributed by atoms with van der Waals surface area (Å²) < 4.78 is 12.5. The number of nitrogens with one attached hydrogen (secondary N) is 1. The zero-order valence-electron chi connectivity index (χ0n) is 18.4. The first kappa shape index (κ1) is 23.1. The smallest absolute Gasteiger partial charge is 0.412 e. The van der Waals surface area contributed by atoms with Gasteiger partial charge in [-0.05, 0) is 25.5 Å². The third kappa shape index (κ3) is 5.10. The topological polar surface area (TPSA) is 119 Å². The molecular weight excluding hydrogens is 460 g/mol. The second-order valence-electron chi connectivity index (χ2n) is 7.59. The molecule has 2 N–H and O–H groups in total. The molecule has 0 fully saturated rings. The standard InChI is InChI=1S/C24H21ClN4O5/c1-14-21(27-24(32)33-15(2)19-5-3-4-6-20(19)25)22(34-28-14)17-9-7-16(8-10-17)12-29-13-18(11-26-29)23(30)31/h3-11,13,15H,12H2,1-2H3,(H,27,32)(H,30,31). The highest BCUT2D eigenvalue weighted by Gasteiger charge is 2.20. The number of rotatable bonds is 7. The number of carboxylic acids is 1. The summed E-state index contributed by atoms with van der Waals surface area (Å²) in [5.74, 6) is -0.638. The molecule has 1 unspecified atom stereocenters. The van der Waals surface area contributed by atoms with Gasteiger partial charge in [0.05, 0.1) is 18.3 Å². The van der Waals surface area contributed by atoms with Gasteiger partial charge in [-0.2, -0.15) is 5.10 Å². The van der Waals surface area contributed by atoms with Crippen molar-refractivity contribution in [1.82, 2.24) is 14.9 Å². The number of halogens is 1. The number of hydrogen-bond donors (Lipinski definition) is 2. The third-order valence-electron chi connectivity index (χ3n) is 5.16. The lowest BCUT2D eigenvalue weighted by Gasteiger charge is -2.15. The second kappa shape index (κ2) is 9.80. The lowest BCUT2D eigenvalue weighted by atomic mass is 10.1. The van der Waals surface area contributed by atoms with Crippen LogP contribution in [0.15, 0.2) is 65.4 Å². The summed E-state index contributed by atoms with van der Waals surface area (Å²) >= 11 is 6.19. The Labute approximate surface area is 199 Å². The van der Waals surface area contributed by atoms with E-state index in [0.717, 1.165) is 5.56 Å². The summed E-state index contributed by atoms with van der Waals surface area (Å²) in [6.45, 7) is 3.85. The number of aromatic nitrogens is 3. The number of hydrogen-bond acceptors (Lipinski definition) is 6. The molecule has 0 saturated carbocycles. The van der Waals surface area contributed by atoms with Crippen LogP contribution in [-0.4, -0.2) is 32.1 Å². The summed E-state index contributed by atoms with van der Waals surface area (Å²) in [4.78, 5) is 23.6. The van der Waals surface area contributed by atoms with Gasteiger partial charge in [0.15, 0.2) is 5.76 Å². The average Bonchev–Trinajstić information content (AvgIpc) is 3.42. The summed E-state index contributed by atoms with van der Waals surface area (Å²) in [7, 11) is 0. The van der Waals surface area contributed by atoms with Gasteiger partial charge in [-0.25, -0.2) is 9.59 Å². The van der Waals surface area contributed by atoms with E-state index in [1.54, 1.807) is 36.7 Å². The number of anilines is 1. The van der Waals surface area contributed by atoms with E-state index >= 15 is 0 Å². The van der Waals surface area contributed by atoms with E-state index in [1.807, 2.05) is 30.3 Å². The Morgan fingerprint density at radius 3 is 2.62 bits per heavy atom. The van der Waals surface area contributed by atoms with Crippen LogP contribution in [0.4, 0.5) is 10.5 Å². The Balaban J connectivity index is 1.46. The van der Waals surface area contributed by atoms with Crippen LogP contribution >= 0.6 is 11.6 Å². The summed E-state index contributed by atoms with van der Waals surface area (Å²) in [6.07, 6.45) is 1.55. The number of aryl methyl sites for hydroxylation is 1. The molecule has 0 spiro atoms. The fourth-order valence-corrected chi connectivity index (χ4v) is 3.67. The normalized spacial score (nSPS) is 11.7. The van der Waals surface area contributed by atoms with Crippen LogP contribution in [-0.2, 0) is 11.3 Å². The molecule has 2 aromatic heterocycles. The molecule has 0 saturated heterocycles. The zero-order chi connectivity index (χ0) is 24.2. The Bertz CT molecular complexity index is 1330. The maximum absolute atomic E-state index is 12.6. The molecule has 0 bridgehead atoms. The SMILES string of the molecule is Cc1noc(-c2ccc(Cn3cc(C(=O)O)cn3)cc2)c1NC(=O)OC(C)c1ccccc1Cl. The van der Waals surface area contributed by atoms with Crippen LogP contribution < -0.4 is 5.32 Å². The number of ether oxygens (including phenoxy) is 1. The highest BCUT2D eigenvalue weighted by atomic mass is 35.5. The maximum Gasteiger partial charge on any atom is 0.412 e. The maximum atomic E-state index is 12.6. The van der Waals surface area contributed by atoms with Gasteiger partial charge in [-0.3, -0.25) is 10.00 Å². The highest BCUT2D eigenvalue weighted by molar-refractivity contribution is 6.31. The van der Waals surface area contributed by atoms with E-state index in [1.165, 1.54) is 12.4 Å². The van der Waals surface area contributed by atoms with Crippen molar-refractivity contribution in [3.05, 3.63) is 88.3 Å². The minimum absolute atomic E-state index is 0.125. The quantitative estimate of drug-likeness (QED) is 0.355. The molecule has 0 aliphatic carbocycles. The van der Waals surface area contributed by atoms with E-state index in [4.69, 9.17) is 26.0 Å². The molecule has 174 valence electrons. The fourth-order valence-electron chi connectivity index (χ4n) is 3.38. The molecular formula is C24H21ClN4O5. The molecule has 1 atom stereocenters. The molecule has 0 aliphatic rings. The molecule has 34 heavy (non-hydrogen) atoms. The Morgan fingerprint density at radius 1 is 1.21 bits per heavy atom. The van der Waals surface area contributed by atoms with Crippen molar-refractivity contribution in [3.63, 3.8) is 0 Å². The van der Waals surface area contributed by atoms with Crippen LogP contribution in [0, 0.1) is 6.92 Å². The van der Waals surface area contributed by atoms with Crippen LogP contribution in [0.25, 0.3) is 11.3 Å². The average molecular weight is 481 g/mol. The first-order valence-corrected chi connectivity index (χ1v) is 10.7. The number of nitrogens with zero attached hydrogens (tertiary/aromatic N) is 3. The minimum Gasteiger partial charge on any atom is -0.478 e. The van der Waals surface area contributed by atoms with E-state index < -0.39 is 18.2 Å². The predicted molar refractivity (Wildman–Crippen MR) is 125 cm³/mol. The Kier molecular flexibility index (Phi) is 6.65. The van der Waals surface area contributed by atoms with Gasteiger partial charge >= 0.3 is 12.1 Å². The zero-order valence-corrected chi connectivity index (χ0v) is 19.1. The van der Waals surface area contributed by atoms with Crippen molar-refractivity contribution in [3.8, 4) is 11.3 Å². The van der Waals surface area contributed by atoms with Crippen molar-refractivity contribution >= 4 is 29.4 Å². The van der Waals surface area contributed by atoms with Gasteiger partial charge < -0.3 is 14.4 Å². The lowest BCUT2D eigenvalue weighted by molar-refractivity contribution is 0.0696. The Morgan fingerprint density at radius 2 is 1.94 bits per heavy atom. The predicted octanol–water partition coefficient (Wildman–Crippen LogP) is 5.56. The van der Waals surface area contributed by atoms with Crippen LogP contribution in [0.3, 0.4) is 0 Å². The highest BCUT2D eigenvalue weighted by Crippen LogP contribution is 2.32. The number of benzene rings is 2. The summed E-state index contributed by atoms with van der Waals surface area (Å²) in [5, 5.41) is 20.3. The van der Waals surface area contributed by atoms with E-state index in [-0.39, 0.29) is 5.56 Å². The van der Waals surface area contributed by atoms with Crippen LogP contribution in [0.1, 0.15) is 40.2 Å². The van der Waals surface area contributed by atoms with Gasteiger partial charge in [-0.15, -0.1) is 0 Å². The molecule has 2 aromatic carbocycles. The van der Waals surface area contributed by atoms with Gasteiger partial charge in [0.1, 0.15) is 17.5 Å². The second-order valence-corrected chi connectivity index (χ2v) is 8.00. The minimum atomic E-state index is -1.03. The molecule has 9 nitrogen and oxygen atoms in total. The molecule has 2 heterocycles. The first-order chi connectivity index (χ1) is 16.3. The van der Waals surface area contributed by atoms with Crippen molar-refractivity contribution in [2.45, 2.75) is 26.5 Å². The summed E-state index contributed by atoms with van der Waals surface area (Å²) in [5.41, 5.74) is 3.33. The molecule has 10 heteroatoms. The first-order valence-electron chi connectivity index (χ1n) is 10.3. The number of amides is 1. The van der Waals surface area contributed by atoms with E-state index in [0.29, 0.717) is 39.8 Å². The van der Waals surface area contributed by atoms with E-state index in [9.17, 15) is 9.59 Å². The van der Waals surface area contributed by atoms with Crippen molar-refractivity contribution < 1.29 is 24.0 Å². The molecule has 1 amide bonds. The van der Waals surface area contributed by atoms with Crippen LogP contribution in [0.2, 0.25) is 5.02 Å². The largest absolute Gasteiger partial charge is 0.478 e. The van der Waals surface area contributed by atoms with Gasteiger partial charge in [0.2, 0.25) is 0 Å². The van der Waals surface area contributed by atoms with Gasteiger partial charge in [-0.1, -0.05) is 59.2 Å². The summed E-state index contributed by atoms with van der Waals surface area (Å²) in [6, 6.07) is 14.5. The monoisotopic (exact) mass is 480 g/mol. The molecule has 0 radical (unpaired) electrons. The van der Waals surface area contributed by atoms with E-state index in [2.05, 4.69) is 15.6 Å². The van der Waals surface area contributed by atoms with Gasteiger partial charge in [0.25, 0.3) is 0 Å². The molecule has 4 rings (SSSR count). The Hall–Kier alpha value is -4.11. The number of aromatic carboxylic acids is 1. The van der Waals surface area contributed by atoms with Crippen molar-refractivity contribution in [1.29, 1.82) is 0 Å². The lowest BCUT2D eigenvalue weighted by Crippen LogP contribution is -2.17. The van der Waals surface area contributed by atoms with Gasteiger partial charge in [0, 0.05) is 22.3 Å². The third-order valence-corrected chi connectivity index (χ3v) is 5.50. The fraction of sp³-hybridized carbons (Fsp3) is 0.167. The van der Waals surface area contributed by atoms with Crippen LogP contribution in [0.5, 0.6) is 0 Å². The molecule has 0 aliphatic heterocycles. The van der Waals surface area contributed by atoms with Crippen molar-refractivity contribution in [2.24, 2.45) is 0 Å². The number of carbonyl (C=O) groups is 2. The molecule has 4 aromatic rings. The number of carbonyl (C=O) groups excluding carboxylic acids is 1.